The second-order valence-electron chi connectivity index (χ2n) is 3.66. The summed E-state index contributed by atoms with van der Waals surface area (Å²) >= 11 is 5.72. The van der Waals surface area contributed by atoms with Crippen LogP contribution in [-0.2, 0) is 0 Å². The molecule has 0 aliphatic rings. The van der Waals surface area contributed by atoms with Crippen molar-refractivity contribution in [2.75, 3.05) is 5.73 Å². The van der Waals surface area contributed by atoms with Crippen molar-refractivity contribution in [3.05, 3.63) is 35.4 Å². The normalized spacial score (nSPS) is 11.0. The van der Waals surface area contributed by atoms with Crippen molar-refractivity contribution in [3.63, 3.8) is 0 Å². The largest absolute Gasteiger partial charge is 0.368 e. The second-order valence-corrected chi connectivity index (χ2v) is 4.09. The fourth-order valence-electron chi connectivity index (χ4n) is 1.73. The van der Waals surface area contributed by atoms with Gasteiger partial charge in [0.15, 0.2) is 5.65 Å². The van der Waals surface area contributed by atoms with Gasteiger partial charge in [-0.15, -0.1) is 0 Å². The molecule has 5 nitrogen and oxygen atoms in total. The highest BCUT2D eigenvalue weighted by Crippen LogP contribution is 2.28. The minimum absolute atomic E-state index is 0.0407. The Bertz CT molecular complexity index is 739. The van der Waals surface area contributed by atoms with Crippen molar-refractivity contribution in [2.45, 2.75) is 0 Å². The summed E-state index contributed by atoms with van der Waals surface area (Å²) in [5.41, 5.74) is 7.16. The van der Waals surface area contributed by atoms with Crippen LogP contribution in [0.15, 0.2) is 24.5 Å². The predicted octanol–water partition coefficient (Wildman–Crippen LogP) is 2.39. The number of benzene rings is 1. The highest BCUT2D eigenvalue weighted by Gasteiger charge is 2.14. The van der Waals surface area contributed by atoms with Gasteiger partial charge in [-0.3, -0.25) is 0 Å². The Morgan fingerprint density at radius 3 is 2.89 bits per heavy atom. The molecule has 7 heteroatoms. The first-order valence-corrected chi connectivity index (χ1v) is 5.45. The fourth-order valence-corrected chi connectivity index (χ4v) is 1.89. The van der Waals surface area contributed by atoms with Gasteiger partial charge in [0.1, 0.15) is 17.0 Å². The Kier molecular flexibility index (Phi) is 2.38. The molecule has 0 atom stereocenters. The van der Waals surface area contributed by atoms with Crippen LogP contribution in [0.2, 0.25) is 5.02 Å². The zero-order valence-corrected chi connectivity index (χ0v) is 9.74. The Morgan fingerprint density at radius 1 is 1.28 bits per heavy atom. The molecule has 18 heavy (non-hydrogen) atoms. The van der Waals surface area contributed by atoms with Gasteiger partial charge in [0.25, 0.3) is 0 Å². The summed E-state index contributed by atoms with van der Waals surface area (Å²) in [7, 11) is 0. The third kappa shape index (κ3) is 1.67. The van der Waals surface area contributed by atoms with Crippen LogP contribution >= 0.6 is 11.6 Å². The highest BCUT2D eigenvalue weighted by molar-refractivity contribution is 6.30. The smallest absolute Gasteiger partial charge is 0.222 e. The molecule has 3 N–H and O–H groups in total. The van der Waals surface area contributed by atoms with Crippen molar-refractivity contribution in [2.24, 2.45) is 0 Å². The number of nitrogens with one attached hydrogen (secondary N) is 1. The Balaban J connectivity index is 2.33. The van der Waals surface area contributed by atoms with Gasteiger partial charge in [0.05, 0.1) is 6.33 Å². The zero-order chi connectivity index (χ0) is 12.7. The van der Waals surface area contributed by atoms with E-state index >= 15 is 0 Å². The maximum absolute atomic E-state index is 13.9. The van der Waals surface area contributed by atoms with Gasteiger partial charge in [-0.2, -0.15) is 4.98 Å². The number of halogens is 2. The van der Waals surface area contributed by atoms with Gasteiger partial charge in [-0.1, -0.05) is 11.6 Å². The number of nitrogens with zero attached hydrogens (tertiary/aromatic N) is 3. The number of hydrogen-bond acceptors (Lipinski definition) is 4. The number of nitrogen functional groups attached to an aromatic ring is 1. The lowest BCUT2D eigenvalue weighted by Gasteiger charge is -2.04. The molecule has 0 radical (unpaired) electrons. The third-order valence-electron chi connectivity index (χ3n) is 2.49. The van der Waals surface area contributed by atoms with E-state index in [1.165, 1.54) is 12.4 Å². The lowest BCUT2D eigenvalue weighted by Crippen LogP contribution is -1.99. The number of aromatic amines is 1. The number of hydrogen-bond donors (Lipinski definition) is 2. The average Bonchev–Trinajstić information content (AvgIpc) is 2.76. The molecule has 2 aromatic heterocycles. The first-order valence-electron chi connectivity index (χ1n) is 5.07. The summed E-state index contributed by atoms with van der Waals surface area (Å²) in [5, 5.41) is 0.319. The van der Waals surface area contributed by atoms with Crippen LogP contribution in [0.3, 0.4) is 0 Å². The zero-order valence-electron chi connectivity index (χ0n) is 8.98. The van der Waals surface area contributed by atoms with Crippen molar-refractivity contribution in [3.8, 4) is 11.3 Å². The molecule has 0 aliphatic heterocycles. The van der Waals surface area contributed by atoms with E-state index < -0.39 is 5.82 Å². The van der Waals surface area contributed by atoms with Gasteiger partial charge < -0.3 is 10.7 Å². The SMILES string of the molecule is Nc1nc(-c2ccc(Cl)cc2F)c2[nH]cnc2n1. The van der Waals surface area contributed by atoms with Crippen molar-refractivity contribution in [1.82, 2.24) is 19.9 Å². The van der Waals surface area contributed by atoms with E-state index in [1.54, 1.807) is 12.1 Å². The molecule has 0 bridgehead atoms. The molecule has 0 unspecified atom stereocenters. The molecule has 2 heterocycles. The molecule has 0 aliphatic carbocycles. The molecule has 3 aromatic rings. The number of H-pyrrole nitrogens is 1. The molecular formula is C11H7ClFN5. The maximum Gasteiger partial charge on any atom is 0.222 e. The third-order valence-corrected chi connectivity index (χ3v) is 2.72. The number of imidazole rings is 1. The summed E-state index contributed by atoms with van der Waals surface area (Å²) in [4.78, 5) is 14.8. The van der Waals surface area contributed by atoms with Crippen molar-refractivity contribution < 1.29 is 4.39 Å². The van der Waals surface area contributed by atoms with Crippen LogP contribution in [0, 0.1) is 5.82 Å². The Labute approximate surface area is 106 Å². The van der Waals surface area contributed by atoms with Crippen LogP contribution in [0.5, 0.6) is 0 Å². The summed E-state index contributed by atoms with van der Waals surface area (Å²) in [5.74, 6) is -0.435. The molecular weight excluding hydrogens is 257 g/mol. The molecule has 0 amide bonds. The maximum atomic E-state index is 13.9. The number of nitrogens with two attached hydrogens (primary N) is 1. The number of rotatable bonds is 1. The first-order chi connectivity index (χ1) is 8.65. The van der Waals surface area contributed by atoms with Gasteiger partial charge in [0.2, 0.25) is 5.95 Å². The van der Waals surface area contributed by atoms with E-state index in [9.17, 15) is 4.39 Å². The minimum Gasteiger partial charge on any atom is -0.368 e. The summed E-state index contributed by atoms with van der Waals surface area (Å²) < 4.78 is 13.9. The van der Waals surface area contributed by atoms with E-state index in [4.69, 9.17) is 17.3 Å². The highest BCUT2D eigenvalue weighted by atomic mass is 35.5. The molecule has 0 spiro atoms. The van der Waals surface area contributed by atoms with Gasteiger partial charge in [0, 0.05) is 10.6 Å². The molecule has 0 fully saturated rings. The number of anilines is 1. The fraction of sp³-hybridized carbons (Fsp3) is 0. The van der Waals surface area contributed by atoms with Crippen LogP contribution in [0.25, 0.3) is 22.4 Å². The average molecular weight is 264 g/mol. The molecule has 90 valence electrons. The topological polar surface area (TPSA) is 80.5 Å². The standard InChI is InChI=1S/C11H7ClFN5/c12-5-1-2-6(7(13)3-5)8-9-10(16-4-15-9)18-11(14)17-8/h1-4H,(H3,14,15,16,17,18). The van der Waals surface area contributed by atoms with Gasteiger partial charge >= 0.3 is 0 Å². The van der Waals surface area contributed by atoms with Crippen molar-refractivity contribution in [1.29, 1.82) is 0 Å². The second kappa shape index (κ2) is 3.92. The number of aromatic nitrogens is 4. The monoisotopic (exact) mass is 263 g/mol. The summed E-state index contributed by atoms with van der Waals surface area (Å²) in [6, 6.07) is 4.34. The minimum atomic E-state index is -0.475. The van der Waals surface area contributed by atoms with E-state index in [0.29, 0.717) is 27.4 Å². The van der Waals surface area contributed by atoms with Crippen molar-refractivity contribution >= 4 is 28.7 Å². The molecule has 1 aromatic carbocycles. The quantitative estimate of drug-likeness (QED) is 0.706. The summed E-state index contributed by atoms with van der Waals surface area (Å²) in [6.07, 6.45) is 1.45. The summed E-state index contributed by atoms with van der Waals surface area (Å²) in [6.45, 7) is 0. The first kappa shape index (κ1) is 10.9. The Morgan fingerprint density at radius 2 is 2.11 bits per heavy atom. The van der Waals surface area contributed by atoms with E-state index in [1.807, 2.05) is 0 Å². The Hall–Kier alpha value is -2.21. The van der Waals surface area contributed by atoms with Crippen LogP contribution in [0.1, 0.15) is 0 Å². The van der Waals surface area contributed by atoms with Crippen LogP contribution in [0.4, 0.5) is 10.3 Å². The lowest BCUT2D eigenvalue weighted by molar-refractivity contribution is 0.631. The van der Waals surface area contributed by atoms with Gasteiger partial charge in [-0.25, -0.2) is 14.4 Å². The predicted molar refractivity (Wildman–Crippen MR) is 66.5 cm³/mol. The molecule has 0 saturated heterocycles. The molecule has 0 saturated carbocycles. The van der Waals surface area contributed by atoms with E-state index in [-0.39, 0.29) is 5.95 Å². The van der Waals surface area contributed by atoms with E-state index in [2.05, 4.69) is 19.9 Å². The molecule has 3 rings (SSSR count). The van der Waals surface area contributed by atoms with Crippen LogP contribution in [-0.4, -0.2) is 19.9 Å². The lowest BCUT2D eigenvalue weighted by atomic mass is 10.1. The number of fused-ring (bicyclic) bond motifs is 1. The van der Waals surface area contributed by atoms with Crippen LogP contribution < -0.4 is 5.73 Å². The van der Waals surface area contributed by atoms with Gasteiger partial charge in [-0.05, 0) is 18.2 Å². The van der Waals surface area contributed by atoms with E-state index in [0.717, 1.165) is 0 Å².